The van der Waals surface area contributed by atoms with Gasteiger partial charge >= 0.3 is 0 Å². The Morgan fingerprint density at radius 2 is 2.23 bits per heavy atom. The Morgan fingerprint density at radius 3 is 2.62 bits per heavy atom. The van der Waals surface area contributed by atoms with Gasteiger partial charge in [0.25, 0.3) is 0 Å². The first-order valence-electron chi connectivity index (χ1n) is 5.09. The van der Waals surface area contributed by atoms with Gasteiger partial charge in [-0.2, -0.15) is 0 Å². The third-order valence-electron chi connectivity index (χ3n) is 2.94. The van der Waals surface area contributed by atoms with Crippen LogP contribution in [0, 0.1) is 5.92 Å². The highest BCUT2D eigenvalue weighted by Crippen LogP contribution is 2.31. The molecule has 1 unspecified atom stereocenters. The van der Waals surface area contributed by atoms with Gasteiger partial charge in [0.05, 0.1) is 6.10 Å². The number of aliphatic hydroxyl groups is 1. The van der Waals surface area contributed by atoms with E-state index in [1.165, 1.54) is 6.42 Å². The topological polar surface area (TPSA) is 49.5 Å². The Bertz CT molecular complexity index is 170. The molecule has 3 N–H and O–H groups in total. The van der Waals surface area contributed by atoms with Crippen LogP contribution in [0.15, 0.2) is 0 Å². The van der Waals surface area contributed by atoms with Crippen LogP contribution in [0.5, 0.6) is 0 Å². The Balaban J connectivity index is 2.50. The molecule has 1 saturated heterocycles. The third kappa shape index (κ3) is 2.66. The molecule has 2 atom stereocenters. The number of likely N-dealkylation sites (tertiary alicyclic amines) is 1. The zero-order valence-electron chi connectivity index (χ0n) is 8.95. The summed E-state index contributed by atoms with van der Waals surface area (Å²) in [6.45, 7) is 8.90. The lowest BCUT2D eigenvalue weighted by molar-refractivity contribution is 0.0823. The van der Waals surface area contributed by atoms with Gasteiger partial charge in [-0.05, 0) is 26.2 Å². The molecule has 0 saturated carbocycles. The zero-order valence-corrected chi connectivity index (χ0v) is 8.95. The predicted molar refractivity (Wildman–Crippen MR) is 54.5 cm³/mol. The monoisotopic (exact) mass is 186 g/mol. The maximum Gasteiger partial charge on any atom is 0.0789 e. The average Bonchev–Trinajstić information content (AvgIpc) is 2.24. The molecule has 3 heteroatoms. The van der Waals surface area contributed by atoms with Crippen LogP contribution in [-0.2, 0) is 0 Å². The van der Waals surface area contributed by atoms with Gasteiger partial charge in [0, 0.05) is 25.2 Å². The first-order chi connectivity index (χ1) is 5.95. The van der Waals surface area contributed by atoms with Crippen LogP contribution in [0.1, 0.15) is 27.2 Å². The molecule has 1 aliphatic heterocycles. The molecule has 0 aromatic heterocycles. The fraction of sp³-hybridized carbons (Fsp3) is 1.00. The normalized spacial score (nSPS) is 30.7. The van der Waals surface area contributed by atoms with Crippen LogP contribution in [0.25, 0.3) is 0 Å². The van der Waals surface area contributed by atoms with Gasteiger partial charge in [0.1, 0.15) is 0 Å². The van der Waals surface area contributed by atoms with Gasteiger partial charge in [0.15, 0.2) is 0 Å². The summed E-state index contributed by atoms with van der Waals surface area (Å²) in [4.78, 5) is 2.34. The van der Waals surface area contributed by atoms with Crippen molar-refractivity contribution in [2.45, 2.75) is 38.8 Å². The van der Waals surface area contributed by atoms with E-state index in [1.807, 2.05) is 0 Å². The van der Waals surface area contributed by atoms with Crippen LogP contribution in [0.2, 0.25) is 0 Å². The molecule has 13 heavy (non-hydrogen) atoms. The minimum absolute atomic E-state index is 0.232. The first-order valence-corrected chi connectivity index (χ1v) is 5.09. The summed E-state index contributed by atoms with van der Waals surface area (Å²) in [6.07, 6.45) is 0.842. The largest absolute Gasteiger partial charge is 0.390 e. The molecule has 78 valence electrons. The molecule has 3 nitrogen and oxygen atoms in total. The molecular weight excluding hydrogens is 164 g/mol. The van der Waals surface area contributed by atoms with Gasteiger partial charge in [0.2, 0.25) is 0 Å². The summed E-state index contributed by atoms with van der Waals surface area (Å²) in [7, 11) is 0. The molecule has 1 heterocycles. The number of nitrogens with zero attached hydrogens (tertiary/aromatic N) is 1. The molecule has 1 rings (SSSR count). The van der Waals surface area contributed by atoms with Crippen molar-refractivity contribution in [1.82, 2.24) is 4.90 Å². The van der Waals surface area contributed by atoms with E-state index in [-0.39, 0.29) is 11.6 Å². The van der Waals surface area contributed by atoms with Gasteiger partial charge in [-0.15, -0.1) is 0 Å². The predicted octanol–water partition coefficient (Wildman–Crippen LogP) is 0.426. The number of β-amino-alcohol motifs (C(OH)–C–C–N with tert-alkyl or cyclic N) is 1. The van der Waals surface area contributed by atoms with Crippen molar-refractivity contribution >= 4 is 0 Å². The summed E-state index contributed by atoms with van der Waals surface area (Å²) < 4.78 is 0. The smallest absolute Gasteiger partial charge is 0.0789 e. The fourth-order valence-corrected chi connectivity index (χ4v) is 2.32. The standard InChI is InChI=1S/C10H22N2O/c1-8-4-10(2,3)12(6-8)7-9(13)5-11/h8-9,13H,4-7,11H2,1-3H3/t8?,9-/m1/s1. The van der Waals surface area contributed by atoms with Crippen LogP contribution in [0.4, 0.5) is 0 Å². The highest BCUT2D eigenvalue weighted by atomic mass is 16.3. The van der Waals surface area contributed by atoms with Crippen LogP contribution in [-0.4, -0.2) is 41.3 Å². The van der Waals surface area contributed by atoms with E-state index in [2.05, 4.69) is 25.7 Å². The lowest BCUT2D eigenvalue weighted by atomic mass is 9.97. The van der Waals surface area contributed by atoms with Crippen molar-refractivity contribution in [2.24, 2.45) is 11.7 Å². The summed E-state index contributed by atoms with van der Waals surface area (Å²) in [5, 5.41) is 9.47. The van der Waals surface area contributed by atoms with E-state index in [4.69, 9.17) is 5.73 Å². The second-order valence-electron chi connectivity index (χ2n) is 4.92. The van der Waals surface area contributed by atoms with Crippen molar-refractivity contribution in [3.05, 3.63) is 0 Å². The quantitative estimate of drug-likeness (QED) is 0.672. The number of aliphatic hydroxyl groups excluding tert-OH is 1. The van der Waals surface area contributed by atoms with Crippen molar-refractivity contribution in [2.75, 3.05) is 19.6 Å². The number of hydrogen-bond donors (Lipinski definition) is 2. The molecule has 0 amide bonds. The summed E-state index contributed by atoms with van der Waals surface area (Å²) in [5.41, 5.74) is 5.63. The highest BCUT2D eigenvalue weighted by Gasteiger charge is 2.36. The average molecular weight is 186 g/mol. The summed E-state index contributed by atoms with van der Waals surface area (Å²) in [5.74, 6) is 0.736. The summed E-state index contributed by atoms with van der Waals surface area (Å²) >= 11 is 0. The summed E-state index contributed by atoms with van der Waals surface area (Å²) in [6, 6.07) is 0. The zero-order chi connectivity index (χ0) is 10.1. The number of hydrogen-bond acceptors (Lipinski definition) is 3. The fourth-order valence-electron chi connectivity index (χ4n) is 2.32. The van der Waals surface area contributed by atoms with Crippen molar-refractivity contribution < 1.29 is 5.11 Å². The van der Waals surface area contributed by atoms with E-state index >= 15 is 0 Å². The van der Waals surface area contributed by atoms with E-state index in [9.17, 15) is 5.11 Å². The van der Waals surface area contributed by atoms with Crippen LogP contribution in [0.3, 0.4) is 0 Å². The molecule has 1 fully saturated rings. The second kappa shape index (κ2) is 3.95. The molecule has 0 aromatic rings. The highest BCUT2D eigenvalue weighted by molar-refractivity contribution is 4.92. The third-order valence-corrected chi connectivity index (χ3v) is 2.94. The Morgan fingerprint density at radius 1 is 1.62 bits per heavy atom. The number of nitrogens with two attached hydrogens (primary N) is 1. The molecule has 0 aliphatic carbocycles. The molecular formula is C10H22N2O. The Kier molecular flexibility index (Phi) is 3.33. The molecule has 0 radical (unpaired) electrons. The minimum atomic E-state index is -0.371. The molecule has 0 aromatic carbocycles. The SMILES string of the molecule is CC1CN(C[C@H](O)CN)C(C)(C)C1. The van der Waals surface area contributed by atoms with Gasteiger partial charge in [-0.3, -0.25) is 4.90 Å². The van der Waals surface area contributed by atoms with E-state index < -0.39 is 0 Å². The van der Waals surface area contributed by atoms with E-state index in [1.54, 1.807) is 0 Å². The maximum absolute atomic E-state index is 9.47. The molecule has 0 bridgehead atoms. The van der Waals surface area contributed by atoms with E-state index in [0.717, 1.165) is 12.5 Å². The Labute approximate surface area is 80.9 Å². The van der Waals surface area contributed by atoms with Crippen molar-refractivity contribution in [3.63, 3.8) is 0 Å². The van der Waals surface area contributed by atoms with Gasteiger partial charge in [-0.1, -0.05) is 6.92 Å². The van der Waals surface area contributed by atoms with Crippen molar-refractivity contribution in [3.8, 4) is 0 Å². The van der Waals surface area contributed by atoms with Gasteiger partial charge < -0.3 is 10.8 Å². The lowest BCUT2D eigenvalue weighted by Gasteiger charge is -2.32. The molecule has 0 spiro atoms. The first kappa shape index (κ1) is 11.0. The van der Waals surface area contributed by atoms with Gasteiger partial charge in [-0.25, -0.2) is 0 Å². The lowest BCUT2D eigenvalue weighted by Crippen LogP contribution is -2.44. The minimum Gasteiger partial charge on any atom is -0.390 e. The van der Waals surface area contributed by atoms with Crippen molar-refractivity contribution in [1.29, 1.82) is 0 Å². The van der Waals surface area contributed by atoms with Crippen LogP contribution < -0.4 is 5.73 Å². The van der Waals surface area contributed by atoms with E-state index in [0.29, 0.717) is 13.1 Å². The Hall–Kier alpha value is -0.120. The number of rotatable bonds is 3. The van der Waals surface area contributed by atoms with Crippen LogP contribution >= 0.6 is 0 Å². The maximum atomic E-state index is 9.47. The second-order valence-corrected chi connectivity index (χ2v) is 4.92. The molecule has 1 aliphatic rings.